The molecule has 1 aromatic carbocycles. The topological polar surface area (TPSA) is 66.8 Å². The fourth-order valence-corrected chi connectivity index (χ4v) is 6.69. The molecular formula is C23H32N2O3S2. The predicted octanol–water partition coefficient (Wildman–Crippen LogP) is 4.77. The summed E-state index contributed by atoms with van der Waals surface area (Å²) in [4.78, 5) is 28.6. The molecule has 0 N–H and O–H groups in total. The van der Waals surface area contributed by atoms with Crippen molar-refractivity contribution in [2.75, 3.05) is 19.3 Å². The number of likely N-dealkylation sites (tertiary alicyclic amines) is 1. The lowest BCUT2D eigenvalue weighted by molar-refractivity contribution is -0.125. The summed E-state index contributed by atoms with van der Waals surface area (Å²) in [6, 6.07) is 7.73. The van der Waals surface area contributed by atoms with Crippen LogP contribution in [0, 0.1) is 5.41 Å². The van der Waals surface area contributed by atoms with E-state index in [1.807, 2.05) is 48.2 Å². The molecule has 1 saturated heterocycles. The summed E-state index contributed by atoms with van der Waals surface area (Å²) in [6.07, 6.45) is 8.11. The van der Waals surface area contributed by atoms with E-state index >= 15 is 0 Å². The highest BCUT2D eigenvalue weighted by Gasteiger charge is 2.36. The minimum absolute atomic E-state index is 0.0253. The van der Waals surface area contributed by atoms with Crippen LogP contribution in [0.25, 0.3) is 0 Å². The molecule has 1 aromatic rings. The summed E-state index contributed by atoms with van der Waals surface area (Å²) in [5.74, 6) is -0.226. The highest BCUT2D eigenvalue weighted by molar-refractivity contribution is 8.00. The van der Waals surface area contributed by atoms with E-state index in [1.165, 1.54) is 0 Å². The average molecular weight is 449 g/mol. The second-order valence-corrected chi connectivity index (χ2v) is 13.0. The molecule has 0 radical (unpaired) electrons. The summed E-state index contributed by atoms with van der Waals surface area (Å²) in [5, 5.41) is 0.231. The molecule has 1 fully saturated rings. The van der Waals surface area contributed by atoms with E-state index in [9.17, 15) is 13.8 Å². The minimum Gasteiger partial charge on any atom is -0.339 e. The zero-order chi connectivity index (χ0) is 21.9. The molecule has 1 heterocycles. The van der Waals surface area contributed by atoms with Crippen LogP contribution in [0.3, 0.4) is 0 Å². The number of amides is 2. The van der Waals surface area contributed by atoms with E-state index in [4.69, 9.17) is 0 Å². The Balaban J connectivity index is 1.67. The fourth-order valence-electron chi connectivity index (χ4n) is 3.96. The van der Waals surface area contributed by atoms with Crippen molar-refractivity contribution in [1.82, 2.24) is 4.90 Å². The number of benzene rings is 1. The molecule has 0 saturated carbocycles. The number of carbonyl (C=O) groups is 2. The van der Waals surface area contributed by atoms with E-state index in [-0.39, 0.29) is 17.1 Å². The van der Waals surface area contributed by atoms with Crippen LogP contribution in [0.5, 0.6) is 0 Å². The van der Waals surface area contributed by atoms with Gasteiger partial charge in [0.2, 0.25) is 0 Å². The molecule has 1 unspecified atom stereocenters. The van der Waals surface area contributed by atoms with Gasteiger partial charge in [0.25, 0.3) is 11.8 Å². The molecule has 1 aliphatic heterocycles. The molecule has 1 atom stereocenters. The molecule has 2 amide bonds. The molecule has 3 rings (SSSR count). The zero-order valence-electron chi connectivity index (χ0n) is 18.3. The van der Waals surface area contributed by atoms with Crippen LogP contribution in [0.15, 0.2) is 45.7 Å². The van der Waals surface area contributed by atoms with Gasteiger partial charge in [0, 0.05) is 34.7 Å². The van der Waals surface area contributed by atoms with Crippen molar-refractivity contribution < 1.29 is 13.8 Å². The molecule has 0 aromatic heterocycles. The van der Waals surface area contributed by atoms with Gasteiger partial charge in [-0.05, 0) is 37.8 Å². The highest BCUT2D eigenvalue weighted by Crippen LogP contribution is 2.35. The van der Waals surface area contributed by atoms with Gasteiger partial charge in [-0.15, -0.1) is 11.8 Å². The average Bonchev–Trinajstić information content (AvgIpc) is 3.15. The maximum atomic E-state index is 13.3. The molecular weight excluding hydrogens is 416 g/mol. The van der Waals surface area contributed by atoms with Crippen LogP contribution in [0.4, 0.5) is 0 Å². The van der Waals surface area contributed by atoms with Crippen molar-refractivity contribution >= 4 is 33.3 Å². The van der Waals surface area contributed by atoms with Gasteiger partial charge >= 0.3 is 0 Å². The van der Waals surface area contributed by atoms with Gasteiger partial charge in [0.1, 0.15) is 0 Å². The minimum atomic E-state index is -2.64. The second-order valence-electron chi connectivity index (χ2n) is 8.85. The van der Waals surface area contributed by atoms with Crippen molar-refractivity contribution in [2.24, 2.45) is 9.78 Å². The lowest BCUT2D eigenvalue weighted by Crippen LogP contribution is -2.42. The van der Waals surface area contributed by atoms with Crippen molar-refractivity contribution in [3.63, 3.8) is 0 Å². The van der Waals surface area contributed by atoms with Crippen molar-refractivity contribution in [3.8, 4) is 0 Å². The van der Waals surface area contributed by atoms with Gasteiger partial charge < -0.3 is 4.90 Å². The summed E-state index contributed by atoms with van der Waals surface area (Å²) in [6.45, 7) is 7.20. The molecule has 5 nitrogen and oxygen atoms in total. The Morgan fingerprint density at radius 3 is 2.37 bits per heavy atom. The lowest BCUT2D eigenvalue weighted by Gasteiger charge is -2.33. The van der Waals surface area contributed by atoms with E-state index < -0.39 is 15.1 Å². The Hall–Kier alpha value is -1.60. The third-order valence-corrected chi connectivity index (χ3v) is 9.23. The Kier molecular flexibility index (Phi) is 7.13. The first kappa shape index (κ1) is 23.1. The predicted molar refractivity (Wildman–Crippen MR) is 124 cm³/mol. The largest absolute Gasteiger partial charge is 0.339 e. The third kappa shape index (κ3) is 5.17. The molecule has 7 heteroatoms. The number of rotatable bonds is 5. The first-order chi connectivity index (χ1) is 14.1. The van der Waals surface area contributed by atoms with Crippen molar-refractivity contribution in [3.05, 3.63) is 42.0 Å². The van der Waals surface area contributed by atoms with Crippen LogP contribution in [0.1, 0.15) is 56.8 Å². The smallest absolute Gasteiger partial charge is 0.260 e. The summed E-state index contributed by atoms with van der Waals surface area (Å²) >= 11 is 1.69. The third-order valence-electron chi connectivity index (χ3n) is 5.91. The molecule has 1 aliphatic carbocycles. The van der Waals surface area contributed by atoms with Crippen LogP contribution >= 0.6 is 11.8 Å². The number of hydrogen-bond donors (Lipinski definition) is 0. The second kappa shape index (κ2) is 9.27. The first-order valence-electron chi connectivity index (χ1n) is 10.6. The summed E-state index contributed by atoms with van der Waals surface area (Å²) in [5.41, 5.74) is 0.182. The summed E-state index contributed by atoms with van der Waals surface area (Å²) < 4.78 is 17.5. The van der Waals surface area contributed by atoms with E-state index in [0.29, 0.717) is 44.0 Å². The van der Waals surface area contributed by atoms with Gasteiger partial charge in [0.15, 0.2) is 0 Å². The Morgan fingerprint density at radius 1 is 1.17 bits per heavy atom. The van der Waals surface area contributed by atoms with Crippen LogP contribution in [-0.2, 0) is 14.5 Å². The van der Waals surface area contributed by atoms with E-state index in [0.717, 1.165) is 10.5 Å². The van der Waals surface area contributed by atoms with Crippen molar-refractivity contribution in [1.29, 1.82) is 0 Å². The van der Waals surface area contributed by atoms with Gasteiger partial charge in [-0.1, -0.05) is 45.1 Å². The van der Waals surface area contributed by atoms with Crippen LogP contribution in [-0.4, -0.2) is 50.8 Å². The lowest BCUT2D eigenvalue weighted by atomic mass is 9.87. The fraction of sp³-hybridized carbons (Fsp3) is 0.565. The standard InChI is InChI=1S/C23H32N2O3S2/c1-17(2)29-20-10-6-5-9-19(20)21(26)25-15-11-18(12-16-25)30(4,28)24-22(27)23(3)13-7-8-14-23/h5-10,17-18H,11-16H2,1-4H3. The van der Waals surface area contributed by atoms with Gasteiger partial charge in [-0.3, -0.25) is 9.59 Å². The maximum Gasteiger partial charge on any atom is 0.260 e. The number of piperidine rings is 1. The van der Waals surface area contributed by atoms with E-state index in [2.05, 4.69) is 18.2 Å². The summed E-state index contributed by atoms with van der Waals surface area (Å²) in [7, 11) is -2.64. The molecule has 0 bridgehead atoms. The SMILES string of the molecule is CC(C)Sc1ccccc1C(=O)N1CCC(S(C)(=O)=NC(=O)C2(C)CC=CC2)CC1. The number of thioether (sulfide) groups is 1. The Labute approximate surface area is 184 Å². The maximum absolute atomic E-state index is 13.3. The van der Waals surface area contributed by atoms with Gasteiger partial charge in [0.05, 0.1) is 20.7 Å². The normalized spacial score (nSPS) is 20.9. The number of nitrogens with zero attached hydrogens (tertiary/aromatic N) is 2. The molecule has 2 aliphatic rings. The first-order valence-corrected chi connectivity index (χ1v) is 13.4. The Bertz CT molecular complexity index is 945. The highest BCUT2D eigenvalue weighted by atomic mass is 32.2. The molecule has 164 valence electrons. The monoisotopic (exact) mass is 448 g/mol. The molecule has 0 spiro atoms. The van der Waals surface area contributed by atoms with Crippen molar-refractivity contribution in [2.45, 2.75) is 61.8 Å². The zero-order valence-corrected chi connectivity index (χ0v) is 19.9. The van der Waals surface area contributed by atoms with E-state index in [1.54, 1.807) is 18.0 Å². The number of allylic oxidation sites excluding steroid dienone is 2. The van der Waals surface area contributed by atoms with Gasteiger partial charge in [-0.25, -0.2) is 4.21 Å². The number of hydrogen-bond acceptors (Lipinski definition) is 4. The number of carbonyl (C=O) groups excluding carboxylic acids is 2. The van der Waals surface area contributed by atoms with Gasteiger partial charge in [-0.2, -0.15) is 4.36 Å². The van der Waals surface area contributed by atoms with Crippen LogP contribution in [0.2, 0.25) is 0 Å². The Morgan fingerprint density at radius 2 is 1.77 bits per heavy atom. The van der Waals surface area contributed by atoms with Crippen LogP contribution < -0.4 is 0 Å². The quantitative estimate of drug-likeness (QED) is 0.481. The molecule has 30 heavy (non-hydrogen) atoms.